The van der Waals surface area contributed by atoms with E-state index in [9.17, 15) is 9.18 Å². The molecule has 21 heavy (non-hydrogen) atoms. The summed E-state index contributed by atoms with van der Waals surface area (Å²) in [6, 6.07) is 6.12. The molecule has 1 amide bonds. The third-order valence-electron chi connectivity index (χ3n) is 4.16. The first-order valence-electron chi connectivity index (χ1n) is 7.55. The van der Waals surface area contributed by atoms with Gasteiger partial charge in [-0.15, -0.1) is 0 Å². The number of nitrogens with two attached hydrogens (primary N) is 1. The Hall–Kier alpha value is -1.46. The topological polar surface area (TPSA) is 58.4 Å². The third-order valence-corrected chi connectivity index (χ3v) is 4.16. The number of rotatable bonds is 5. The van der Waals surface area contributed by atoms with Crippen molar-refractivity contribution >= 4 is 5.91 Å². The molecule has 1 fully saturated rings. The minimum atomic E-state index is -0.264. The summed E-state index contributed by atoms with van der Waals surface area (Å²) >= 11 is 0. The van der Waals surface area contributed by atoms with Crippen LogP contribution in [0.1, 0.15) is 31.4 Å². The second-order valence-electron chi connectivity index (χ2n) is 5.80. The van der Waals surface area contributed by atoms with Crippen LogP contribution in [0.5, 0.6) is 0 Å². The number of hydrogen-bond donors (Lipinski definition) is 2. The Morgan fingerprint density at radius 3 is 2.57 bits per heavy atom. The summed E-state index contributed by atoms with van der Waals surface area (Å²) in [5.41, 5.74) is 6.58. The van der Waals surface area contributed by atoms with Gasteiger partial charge in [-0.3, -0.25) is 9.69 Å². The molecule has 0 spiro atoms. The maximum absolute atomic E-state index is 12.9. The van der Waals surface area contributed by atoms with Gasteiger partial charge in [0.15, 0.2) is 0 Å². The maximum Gasteiger partial charge on any atom is 0.234 e. The van der Waals surface area contributed by atoms with E-state index in [1.807, 2.05) is 6.92 Å². The van der Waals surface area contributed by atoms with Crippen LogP contribution >= 0.6 is 0 Å². The molecule has 4 nitrogen and oxygen atoms in total. The second kappa shape index (κ2) is 7.52. The number of carbonyl (C=O) groups is 1. The highest BCUT2D eigenvalue weighted by atomic mass is 19.1. The number of carbonyl (C=O) groups excluding carboxylic acids is 1. The Labute approximate surface area is 125 Å². The zero-order valence-corrected chi connectivity index (χ0v) is 12.5. The number of nitrogens with one attached hydrogen (secondary N) is 1. The maximum atomic E-state index is 12.9. The predicted octanol–water partition coefficient (Wildman–Crippen LogP) is 1.67. The first-order chi connectivity index (χ1) is 10.1. The molecular weight excluding hydrogens is 269 g/mol. The molecule has 1 unspecified atom stereocenters. The van der Waals surface area contributed by atoms with Crippen molar-refractivity contribution in [2.45, 2.75) is 25.8 Å². The predicted molar refractivity (Wildman–Crippen MR) is 81.2 cm³/mol. The monoisotopic (exact) mass is 293 g/mol. The highest BCUT2D eigenvalue weighted by Crippen LogP contribution is 2.16. The summed E-state index contributed by atoms with van der Waals surface area (Å²) in [7, 11) is 0. The van der Waals surface area contributed by atoms with Gasteiger partial charge < -0.3 is 11.1 Å². The van der Waals surface area contributed by atoms with Crippen LogP contribution in [0, 0.1) is 11.7 Å². The zero-order valence-electron chi connectivity index (χ0n) is 12.5. The van der Waals surface area contributed by atoms with Crippen LogP contribution in [0.25, 0.3) is 0 Å². The number of likely N-dealkylation sites (tertiary alicyclic amines) is 1. The third kappa shape index (κ3) is 4.79. The van der Waals surface area contributed by atoms with Gasteiger partial charge in [-0.25, -0.2) is 4.39 Å². The number of hydrogen-bond acceptors (Lipinski definition) is 3. The fourth-order valence-corrected chi connectivity index (χ4v) is 2.71. The summed E-state index contributed by atoms with van der Waals surface area (Å²) < 4.78 is 12.9. The Morgan fingerprint density at radius 1 is 1.38 bits per heavy atom. The molecular formula is C16H24FN3O. The molecule has 1 saturated heterocycles. The Bertz CT molecular complexity index is 455. The molecule has 0 radical (unpaired) electrons. The van der Waals surface area contributed by atoms with Crippen LogP contribution in [0.4, 0.5) is 4.39 Å². The Morgan fingerprint density at radius 2 is 2.00 bits per heavy atom. The lowest BCUT2D eigenvalue weighted by atomic mass is 9.97. The van der Waals surface area contributed by atoms with Crippen molar-refractivity contribution in [2.24, 2.45) is 11.7 Å². The van der Waals surface area contributed by atoms with Crippen molar-refractivity contribution in [1.29, 1.82) is 0 Å². The van der Waals surface area contributed by atoms with E-state index in [1.54, 1.807) is 12.1 Å². The van der Waals surface area contributed by atoms with Crippen LogP contribution < -0.4 is 11.1 Å². The average Bonchev–Trinajstić information content (AvgIpc) is 2.48. The van der Waals surface area contributed by atoms with Crippen molar-refractivity contribution in [2.75, 3.05) is 26.2 Å². The molecule has 0 saturated carbocycles. The summed E-state index contributed by atoms with van der Waals surface area (Å²) in [5.74, 6) is 0.348. The number of nitrogens with zero attached hydrogens (tertiary/aromatic N) is 1. The van der Waals surface area contributed by atoms with Crippen molar-refractivity contribution < 1.29 is 9.18 Å². The highest BCUT2D eigenvalue weighted by Gasteiger charge is 2.20. The average molecular weight is 293 g/mol. The van der Waals surface area contributed by atoms with Gasteiger partial charge >= 0.3 is 0 Å². The van der Waals surface area contributed by atoms with Gasteiger partial charge in [-0.05, 0) is 63.0 Å². The molecule has 0 aromatic heterocycles. The molecule has 1 heterocycles. The number of piperidine rings is 1. The van der Waals surface area contributed by atoms with Crippen LogP contribution in [-0.4, -0.2) is 37.0 Å². The smallest absolute Gasteiger partial charge is 0.234 e. The second-order valence-corrected chi connectivity index (χ2v) is 5.80. The molecule has 1 aliphatic heterocycles. The lowest BCUT2D eigenvalue weighted by Gasteiger charge is -2.31. The molecule has 116 valence electrons. The molecule has 1 aromatic carbocycles. The fourth-order valence-electron chi connectivity index (χ4n) is 2.71. The standard InChI is InChI=1S/C16H24FN3O/c1-12(14-2-4-15(17)5-3-14)19-16(21)11-20-8-6-13(10-18)7-9-20/h2-5,12-13H,6-11,18H2,1H3,(H,19,21). The number of benzene rings is 1. The van der Waals surface area contributed by atoms with E-state index < -0.39 is 0 Å². The van der Waals surface area contributed by atoms with E-state index in [2.05, 4.69) is 10.2 Å². The molecule has 2 rings (SSSR count). The molecule has 5 heteroatoms. The Balaban J connectivity index is 1.78. The van der Waals surface area contributed by atoms with Crippen LogP contribution in [-0.2, 0) is 4.79 Å². The van der Waals surface area contributed by atoms with Gasteiger partial charge in [-0.1, -0.05) is 12.1 Å². The van der Waals surface area contributed by atoms with Crippen LogP contribution in [0.15, 0.2) is 24.3 Å². The van der Waals surface area contributed by atoms with Gasteiger partial charge in [0.1, 0.15) is 5.82 Å². The van der Waals surface area contributed by atoms with E-state index in [1.165, 1.54) is 12.1 Å². The normalized spacial score (nSPS) is 18.4. The van der Waals surface area contributed by atoms with E-state index in [0.29, 0.717) is 12.5 Å². The van der Waals surface area contributed by atoms with E-state index in [4.69, 9.17) is 5.73 Å². The van der Waals surface area contributed by atoms with Gasteiger partial charge in [0.25, 0.3) is 0 Å². The summed E-state index contributed by atoms with van der Waals surface area (Å²) in [5, 5.41) is 2.96. The van der Waals surface area contributed by atoms with Gasteiger partial charge in [0.2, 0.25) is 5.91 Å². The molecule has 0 bridgehead atoms. The highest BCUT2D eigenvalue weighted by molar-refractivity contribution is 5.78. The summed E-state index contributed by atoms with van der Waals surface area (Å²) in [6.07, 6.45) is 2.13. The molecule has 3 N–H and O–H groups in total. The largest absolute Gasteiger partial charge is 0.348 e. The van der Waals surface area contributed by atoms with Crippen LogP contribution in [0.2, 0.25) is 0 Å². The fraction of sp³-hybridized carbons (Fsp3) is 0.562. The van der Waals surface area contributed by atoms with Crippen molar-refractivity contribution in [3.8, 4) is 0 Å². The molecule has 1 aliphatic rings. The minimum absolute atomic E-state index is 0.0121. The first-order valence-corrected chi connectivity index (χ1v) is 7.55. The first kappa shape index (κ1) is 15.9. The van der Waals surface area contributed by atoms with Crippen molar-refractivity contribution in [1.82, 2.24) is 10.2 Å². The van der Waals surface area contributed by atoms with E-state index >= 15 is 0 Å². The quantitative estimate of drug-likeness (QED) is 0.868. The number of halogens is 1. The van der Waals surface area contributed by atoms with Crippen molar-refractivity contribution in [3.63, 3.8) is 0 Å². The van der Waals surface area contributed by atoms with Crippen LogP contribution in [0.3, 0.4) is 0 Å². The lowest BCUT2D eigenvalue weighted by Crippen LogP contribution is -2.43. The minimum Gasteiger partial charge on any atom is -0.348 e. The summed E-state index contributed by atoms with van der Waals surface area (Å²) in [6.45, 7) is 4.93. The van der Waals surface area contributed by atoms with E-state index in [-0.39, 0.29) is 17.8 Å². The SMILES string of the molecule is CC(NC(=O)CN1CCC(CN)CC1)c1ccc(F)cc1. The molecule has 1 atom stereocenters. The van der Waals surface area contributed by atoms with E-state index in [0.717, 1.165) is 38.0 Å². The Kier molecular flexibility index (Phi) is 5.70. The molecule has 0 aliphatic carbocycles. The molecule has 1 aromatic rings. The summed E-state index contributed by atoms with van der Waals surface area (Å²) in [4.78, 5) is 14.2. The van der Waals surface area contributed by atoms with Crippen molar-refractivity contribution in [3.05, 3.63) is 35.6 Å². The van der Waals surface area contributed by atoms with Gasteiger partial charge in [0, 0.05) is 0 Å². The number of amides is 1. The van der Waals surface area contributed by atoms with Gasteiger partial charge in [-0.2, -0.15) is 0 Å². The van der Waals surface area contributed by atoms with Gasteiger partial charge in [0.05, 0.1) is 12.6 Å². The lowest BCUT2D eigenvalue weighted by molar-refractivity contribution is -0.123. The zero-order chi connectivity index (χ0) is 15.2.